The van der Waals surface area contributed by atoms with Gasteiger partial charge in [0.15, 0.2) is 0 Å². The van der Waals surface area contributed by atoms with E-state index < -0.39 is 12.1 Å². The Morgan fingerprint density at radius 1 is 0.370 bits per heavy atom. The minimum Gasteiger partial charge on any atom is -0.466 e. The lowest BCUT2D eigenvalue weighted by Gasteiger charge is -2.22. The van der Waals surface area contributed by atoms with Crippen LogP contribution in [0.5, 0.6) is 0 Å². The lowest BCUT2D eigenvalue weighted by atomic mass is 10.0. The van der Waals surface area contributed by atoms with E-state index >= 15 is 0 Å². The van der Waals surface area contributed by atoms with Gasteiger partial charge >= 0.3 is 5.97 Å². The van der Waals surface area contributed by atoms with E-state index in [2.05, 4.69) is 31.3 Å². The van der Waals surface area contributed by atoms with Crippen molar-refractivity contribution < 1.29 is 24.5 Å². The van der Waals surface area contributed by atoms with Crippen molar-refractivity contribution in [1.82, 2.24) is 5.32 Å². The summed E-state index contributed by atoms with van der Waals surface area (Å²) in [5, 5.41) is 23.2. The average molecular weight is 1030 g/mol. The number of rotatable bonds is 63. The van der Waals surface area contributed by atoms with Crippen LogP contribution < -0.4 is 5.32 Å². The summed E-state index contributed by atoms with van der Waals surface area (Å²) in [6.07, 6.45) is 76.9. The molecule has 0 rings (SSSR count). The molecule has 0 aromatic heterocycles. The predicted molar refractivity (Wildman–Crippen MR) is 320 cm³/mol. The summed E-state index contributed by atoms with van der Waals surface area (Å²) < 4.78 is 5.50. The molecule has 2 atom stereocenters. The number of amides is 1. The maximum Gasteiger partial charge on any atom is 0.305 e. The van der Waals surface area contributed by atoms with Crippen molar-refractivity contribution >= 4 is 11.9 Å². The van der Waals surface area contributed by atoms with Gasteiger partial charge in [-0.15, -0.1) is 0 Å². The Bertz CT molecular complexity index is 1100. The number of nitrogens with one attached hydrogen (secondary N) is 1. The molecular weight excluding hydrogens is 899 g/mol. The van der Waals surface area contributed by atoms with E-state index in [0.717, 1.165) is 44.9 Å². The van der Waals surface area contributed by atoms with Gasteiger partial charge in [0.25, 0.3) is 0 Å². The van der Waals surface area contributed by atoms with Crippen LogP contribution in [0, 0.1) is 0 Å². The smallest absolute Gasteiger partial charge is 0.305 e. The Balaban J connectivity index is 3.30. The molecule has 0 saturated carbocycles. The van der Waals surface area contributed by atoms with Crippen molar-refractivity contribution in [2.75, 3.05) is 13.2 Å². The average Bonchev–Trinajstić information content (AvgIpc) is 3.39. The molecule has 2 unspecified atom stereocenters. The van der Waals surface area contributed by atoms with Crippen molar-refractivity contribution in [2.24, 2.45) is 0 Å². The zero-order chi connectivity index (χ0) is 52.9. The third-order valence-electron chi connectivity index (χ3n) is 15.8. The highest BCUT2D eigenvalue weighted by atomic mass is 16.5. The van der Waals surface area contributed by atoms with Crippen LogP contribution in [-0.2, 0) is 14.3 Å². The number of allylic oxidation sites excluding steroid dienone is 2. The minimum absolute atomic E-state index is 0.0166. The van der Waals surface area contributed by atoms with Gasteiger partial charge < -0.3 is 20.3 Å². The third kappa shape index (κ3) is 59.7. The van der Waals surface area contributed by atoms with Crippen LogP contribution in [-0.4, -0.2) is 47.4 Å². The summed E-state index contributed by atoms with van der Waals surface area (Å²) in [7, 11) is 0. The minimum atomic E-state index is -0.659. The molecule has 0 spiro atoms. The van der Waals surface area contributed by atoms with Crippen molar-refractivity contribution in [3.63, 3.8) is 0 Å². The molecule has 73 heavy (non-hydrogen) atoms. The number of carbonyl (C=O) groups excluding carboxylic acids is 2. The Morgan fingerprint density at radius 2 is 0.644 bits per heavy atom. The predicted octanol–water partition coefficient (Wildman–Crippen LogP) is 21.2. The Hall–Kier alpha value is -1.40. The van der Waals surface area contributed by atoms with E-state index in [9.17, 15) is 19.8 Å². The highest BCUT2D eigenvalue weighted by Crippen LogP contribution is 2.19. The molecule has 0 saturated heterocycles. The first-order valence-electron chi connectivity index (χ1n) is 33.4. The molecule has 6 nitrogen and oxygen atoms in total. The molecular formula is C67H131NO5. The van der Waals surface area contributed by atoms with Gasteiger partial charge in [0, 0.05) is 12.8 Å². The highest BCUT2D eigenvalue weighted by molar-refractivity contribution is 5.76. The number of aliphatic hydroxyl groups is 2. The molecule has 0 bridgehead atoms. The normalized spacial score (nSPS) is 12.5. The number of unbranched alkanes of at least 4 members (excludes halogenated alkanes) is 50. The van der Waals surface area contributed by atoms with Gasteiger partial charge in [-0.3, -0.25) is 9.59 Å². The van der Waals surface area contributed by atoms with Crippen LogP contribution >= 0.6 is 0 Å². The number of hydrogen-bond donors (Lipinski definition) is 3. The topological polar surface area (TPSA) is 95.9 Å². The van der Waals surface area contributed by atoms with Crippen molar-refractivity contribution in [1.29, 1.82) is 0 Å². The summed E-state index contributed by atoms with van der Waals surface area (Å²) >= 11 is 0. The van der Waals surface area contributed by atoms with Gasteiger partial charge in [0.1, 0.15) is 0 Å². The molecule has 0 aliphatic rings. The summed E-state index contributed by atoms with van der Waals surface area (Å²) in [6.45, 7) is 4.97. The quantitative estimate of drug-likeness (QED) is 0.0320. The molecule has 0 aliphatic carbocycles. The van der Waals surface area contributed by atoms with Crippen LogP contribution in [0.3, 0.4) is 0 Å². The van der Waals surface area contributed by atoms with Gasteiger partial charge in [-0.05, 0) is 51.4 Å². The first kappa shape index (κ1) is 71.6. The lowest BCUT2D eigenvalue weighted by Crippen LogP contribution is -2.45. The van der Waals surface area contributed by atoms with Crippen molar-refractivity contribution in [2.45, 2.75) is 392 Å². The van der Waals surface area contributed by atoms with Crippen molar-refractivity contribution in [3.8, 4) is 0 Å². The molecule has 3 N–H and O–H groups in total. The van der Waals surface area contributed by atoms with E-state index in [1.165, 1.54) is 302 Å². The fraction of sp³-hybridized carbons (Fsp3) is 0.940. The molecule has 0 heterocycles. The van der Waals surface area contributed by atoms with Gasteiger partial charge in [0.2, 0.25) is 5.91 Å². The first-order chi connectivity index (χ1) is 36.0. The second-order valence-corrected chi connectivity index (χ2v) is 23.2. The molecule has 0 fully saturated rings. The van der Waals surface area contributed by atoms with E-state index in [1.807, 2.05) is 0 Å². The summed E-state index contributed by atoms with van der Waals surface area (Å²) in [5.74, 6) is -0.0150. The van der Waals surface area contributed by atoms with Gasteiger partial charge in [-0.25, -0.2) is 0 Å². The lowest BCUT2D eigenvalue weighted by molar-refractivity contribution is -0.143. The van der Waals surface area contributed by atoms with Gasteiger partial charge in [-0.2, -0.15) is 0 Å². The maximum absolute atomic E-state index is 12.4. The SMILES string of the molecule is CCCCCCCCC/C=C\CCCCCCCCCC(=O)OCCCCCCCCCCCCCCCCCCCCCCCCCCCCCCC(=O)NC(CO)C(O)CCCCCCCCCCCC. The van der Waals surface area contributed by atoms with Crippen LogP contribution in [0.15, 0.2) is 12.2 Å². The fourth-order valence-corrected chi connectivity index (χ4v) is 10.7. The third-order valence-corrected chi connectivity index (χ3v) is 15.8. The van der Waals surface area contributed by atoms with Crippen LogP contribution in [0.1, 0.15) is 380 Å². The molecule has 434 valence electrons. The Kier molecular flexibility index (Phi) is 61.9. The summed E-state index contributed by atoms with van der Waals surface area (Å²) in [6, 6.07) is -0.536. The van der Waals surface area contributed by atoms with E-state index in [4.69, 9.17) is 4.74 Å². The highest BCUT2D eigenvalue weighted by Gasteiger charge is 2.20. The van der Waals surface area contributed by atoms with Crippen LogP contribution in [0.4, 0.5) is 0 Å². The zero-order valence-electron chi connectivity index (χ0n) is 49.6. The molecule has 0 aromatic carbocycles. The van der Waals surface area contributed by atoms with Gasteiger partial charge in [-0.1, -0.05) is 328 Å². The first-order valence-corrected chi connectivity index (χ1v) is 33.4. The number of hydrogen-bond acceptors (Lipinski definition) is 5. The largest absolute Gasteiger partial charge is 0.466 e. The molecule has 6 heteroatoms. The zero-order valence-corrected chi connectivity index (χ0v) is 49.6. The number of ether oxygens (including phenoxy) is 1. The number of aliphatic hydroxyl groups excluding tert-OH is 2. The van der Waals surface area contributed by atoms with Crippen LogP contribution in [0.2, 0.25) is 0 Å². The van der Waals surface area contributed by atoms with E-state index in [-0.39, 0.29) is 18.5 Å². The molecule has 0 aromatic rings. The maximum atomic E-state index is 12.4. The van der Waals surface area contributed by atoms with E-state index in [1.54, 1.807) is 0 Å². The van der Waals surface area contributed by atoms with E-state index in [0.29, 0.717) is 25.9 Å². The molecule has 0 radical (unpaired) electrons. The number of carbonyl (C=O) groups is 2. The Labute approximate surface area is 457 Å². The second kappa shape index (κ2) is 63.1. The van der Waals surface area contributed by atoms with Gasteiger partial charge in [0.05, 0.1) is 25.4 Å². The van der Waals surface area contributed by atoms with Crippen molar-refractivity contribution in [3.05, 3.63) is 12.2 Å². The van der Waals surface area contributed by atoms with Crippen LogP contribution in [0.25, 0.3) is 0 Å². The monoisotopic (exact) mass is 1030 g/mol. The standard InChI is InChI=1S/C67H131NO5/c1-3-5-7-9-11-13-15-16-17-18-32-35-38-41-45-49-53-57-61-67(72)73-62-58-54-50-46-42-39-36-33-30-28-26-24-22-20-19-21-23-25-27-29-31-34-37-40-44-48-52-56-60-66(71)68-64(63-69)65(70)59-55-51-47-43-14-12-10-8-6-4-2/h17-18,64-65,69-70H,3-16,19-63H2,1-2H3,(H,68,71)/b18-17-. The second-order valence-electron chi connectivity index (χ2n) is 23.2. The molecule has 1 amide bonds. The summed E-state index contributed by atoms with van der Waals surface area (Å²) in [5.41, 5.74) is 0. The fourth-order valence-electron chi connectivity index (χ4n) is 10.7. The summed E-state index contributed by atoms with van der Waals surface area (Å²) in [4.78, 5) is 24.5. The molecule has 0 aliphatic heterocycles. The number of esters is 1. The Morgan fingerprint density at radius 3 is 0.973 bits per heavy atom.